The van der Waals surface area contributed by atoms with Gasteiger partial charge in [0.2, 0.25) is 5.69 Å². The van der Waals surface area contributed by atoms with Gasteiger partial charge >= 0.3 is 0 Å². The highest BCUT2D eigenvalue weighted by Gasteiger charge is 2.16. The first-order chi connectivity index (χ1) is 17.6. The summed E-state index contributed by atoms with van der Waals surface area (Å²) >= 11 is 0. The number of fused-ring (bicyclic) bond motifs is 3. The van der Waals surface area contributed by atoms with Gasteiger partial charge in [-0.1, -0.05) is 30.3 Å². The number of H-pyrrole nitrogens is 1. The van der Waals surface area contributed by atoms with Gasteiger partial charge in [-0.05, 0) is 54.6 Å². The summed E-state index contributed by atoms with van der Waals surface area (Å²) in [6, 6.07) is 24.6. The van der Waals surface area contributed by atoms with Crippen molar-refractivity contribution < 1.29 is 4.74 Å². The molecule has 0 saturated carbocycles. The number of aromatic amines is 1. The molecule has 3 aromatic carbocycles. The van der Waals surface area contributed by atoms with E-state index in [0.29, 0.717) is 16.1 Å². The molecule has 0 spiro atoms. The predicted molar refractivity (Wildman–Crippen MR) is 149 cm³/mol. The summed E-state index contributed by atoms with van der Waals surface area (Å²) in [6.45, 7) is 7.81. The Balaban J connectivity index is 1.37. The van der Waals surface area contributed by atoms with Crippen LogP contribution in [0, 0.1) is 5.21 Å². The van der Waals surface area contributed by atoms with Crippen LogP contribution in [-0.4, -0.2) is 59.6 Å². The quantitative estimate of drug-likeness (QED) is 0.147. The van der Waals surface area contributed by atoms with E-state index in [-0.39, 0.29) is 0 Å². The minimum absolute atomic E-state index is 0.475. The number of para-hydroxylation sites is 2. The molecule has 1 saturated heterocycles. The van der Waals surface area contributed by atoms with E-state index in [2.05, 4.69) is 81.3 Å². The number of aromatic nitrogens is 2. The SMILES string of the molecule is C=[N+]([O-])c1ccccc1Nc1ccnc2[nH]c3ccc(-c4ccc(N5CCN(C)CC5)cc4)cc3c12. The molecule has 180 valence electrons. The largest absolute Gasteiger partial charge is 0.619 e. The Morgan fingerprint density at radius 1 is 0.917 bits per heavy atom. The summed E-state index contributed by atoms with van der Waals surface area (Å²) in [5, 5.41) is 17.5. The number of hydrogen-bond donors (Lipinski definition) is 2. The molecule has 1 fully saturated rings. The van der Waals surface area contributed by atoms with E-state index in [1.807, 2.05) is 24.3 Å². The van der Waals surface area contributed by atoms with E-state index >= 15 is 0 Å². The van der Waals surface area contributed by atoms with Crippen molar-refractivity contribution in [2.75, 3.05) is 43.4 Å². The Kier molecular flexibility index (Phi) is 5.54. The summed E-state index contributed by atoms with van der Waals surface area (Å²) in [7, 11) is 2.18. The van der Waals surface area contributed by atoms with Crippen LogP contribution in [0.4, 0.5) is 22.7 Å². The first-order valence-corrected chi connectivity index (χ1v) is 12.1. The number of nitrogens with one attached hydrogen (secondary N) is 2. The zero-order valence-electron chi connectivity index (χ0n) is 20.2. The molecule has 2 N–H and O–H groups in total. The van der Waals surface area contributed by atoms with E-state index in [0.717, 1.165) is 59.4 Å². The molecule has 3 heterocycles. The second-order valence-corrected chi connectivity index (χ2v) is 9.33. The van der Waals surface area contributed by atoms with Crippen LogP contribution in [0.15, 0.2) is 79.0 Å². The third-order valence-corrected chi connectivity index (χ3v) is 7.00. The summed E-state index contributed by atoms with van der Waals surface area (Å²) in [5.41, 5.74) is 7.45. The molecule has 0 atom stereocenters. The number of likely N-dealkylation sites (N-methyl/N-ethyl adjacent to an activating group) is 1. The van der Waals surface area contributed by atoms with E-state index < -0.39 is 0 Å². The van der Waals surface area contributed by atoms with E-state index in [4.69, 9.17) is 0 Å². The maximum absolute atomic E-state index is 12.0. The van der Waals surface area contributed by atoms with Crippen LogP contribution in [0.5, 0.6) is 0 Å². The summed E-state index contributed by atoms with van der Waals surface area (Å²) in [4.78, 5) is 12.8. The fourth-order valence-corrected chi connectivity index (χ4v) is 4.97. The number of piperazine rings is 1. The lowest BCUT2D eigenvalue weighted by Gasteiger charge is -2.34. The molecule has 5 aromatic rings. The van der Waals surface area contributed by atoms with Gasteiger partial charge in [-0.2, -0.15) is 4.74 Å². The normalized spacial score (nSPS) is 14.4. The Morgan fingerprint density at radius 2 is 1.67 bits per heavy atom. The number of benzene rings is 3. The molecule has 0 unspecified atom stereocenters. The first kappa shape index (κ1) is 22.1. The monoisotopic (exact) mass is 476 g/mol. The smallest absolute Gasteiger partial charge is 0.239 e. The average molecular weight is 477 g/mol. The van der Waals surface area contributed by atoms with E-state index in [9.17, 15) is 5.21 Å². The van der Waals surface area contributed by atoms with Gasteiger partial charge < -0.3 is 25.3 Å². The second kappa shape index (κ2) is 9.02. The summed E-state index contributed by atoms with van der Waals surface area (Å²) in [6.07, 6.45) is 1.76. The number of rotatable bonds is 5. The van der Waals surface area contributed by atoms with Crippen LogP contribution in [0.25, 0.3) is 33.1 Å². The van der Waals surface area contributed by atoms with Crippen molar-refractivity contribution in [1.29, 1.82) is 0 Å². The Labute approximate surface area is 209 Å². The summed E-state index contributed by atoms with van der Waals surface area (Å²) in [5.74, 6) is 0. The van der Waals surface area contributed by atoms with E-state index in [1.165, 1.54) is 11.3 Å². The van der Waals surface area contributed by atoms with E-state index in [1.54, 1.807) is 12.3 Å². The lowest BCUT2D eigenvalue weighted by Crippen LogP contribution is -2.44. The fourth-order valence-electron chi connectivity index (χ4n) is 4.97. The molecule has 0 amide bonds. The molecular formula is C29H28N6O. The molecule has 7 nitrogen and oxygen atoms in total. The Morgan fingerprint density at radius 3 is 2.44 bits per heavy atom. The standard InChI is InChI=1S/C29H28N6O/c1-33-15-17-35(18-16-33)22-10-7-20(8-11-22)21-9-12-24-23(19-21)28-26(13-14-30-29(28)32-24)31-25-5-3-4-6-27(25)34(2)36/h3-14,19H,2,15-18H2,1H3,(H2,30,31,32). The highest BCUT2D eigenvalue weighted by molar-refractivity contribution is 6.13. The summed E-state index contributed by atoms with van der Waals surface area (Å²) < 4.78 is 0.625. The maximum atomic E-state index is 12.0. The van der Waals surface area contributed by atoms with Crippen molar-refractivity contribution in [3.05, 3.63) is 84.2 Å². The average Bonchev–Trinajstić information content (AvgIpc) is 3.28. The molecule has 0 aliphatic carbocycles. The second-order valence-electron chi connectivity index (χ2n) is 9.33. The molecule has 7 heteroatoms. The third-order valence-electron chi connectivity index (χ3n) is 7.00. The van der Waals surface area contributed by atoms with Gasteiger partial charge in [-0.3, -0.25) is 0 Å². The predicted octanol–water partition coefficient (Wildman–Crippen LogP) is 5.72. The third kappa shape index (κ3) is 4.03. The van der Waals surface area contributed by atoms with Crippen LogP contribution in [-0.2, 0) is 0 Å². The number of pyridine rings is 1. The lowest BCUT2D eigenvalue weighted by molar-refractivity contribution is -0.348. The molecule has 36 heavy (non-hydrogen) atoms. The van der Waals surface area contributed by atoms with Crippen LogP contribution >= 0.6 is 0 Å². The van der Waals surface area contributed by atoms with Crippen molar-refractivity contribution in [3.63, 3.8) is 0 Å². The van der Waals surface area contributed by atoms with Gasteiger partial charge in [0.15, 0.2) is 0 Å². The van der Waals surface area contributed by atoms with Gasteiger partial charge in [0, 0.05) is 55.0 Å². The van der Waals surface area contributed by atoms with Crippen LogP contribution < -0.4 is 10.2 Å². The number of hydrogen-bond acceptors (Lipinski definition) is 5. The van der Waals surface area contributed by atoms with Crippen LogP contribution in [0.2, 0.25) is 0 Å². The molecule has 1 aliphatic heterocycles. The van der Waals surface area contributed by atoms with Gasteiger partial charge in [0.25, 0.3) is 0 Å². The van der Waals surface area contributed by atoms with Crippen molar-refractivity contribution in [3.8, 4) is 11.1 Å². The molecule has 0 bridgehead atoms. The van der Waals surface area contributed by atoms with Crippen molar-refractivity contribution in [2.45, 2.75) is 0 Å². The van der Waals surface area contributed by atoms with Crippen molar-refractivity contribution in [2.24, 2.45) is 0 Å². The topological polar surface area (TPSA) is 73.3 Å². The minimum Gasteiger partial charge on any atom is -0.619 e. The lowest BCUT2D eigenvalue weighted by atomic mass is 10.0. The Hall–Kier alpha value is -4.36. The minimum atomic E-state index is 0.475. The number of nitrogens with zero attached hydrogens (tertiary/aromatic N) is 4. The zero-order chi connectivity index (χ0) is 24.6. The highest BCUT2D eigenvalue weighted by Crippen LogP contribution is 2.36. The molecule has 6 rings (SSSR count). The van der Waals surface area contributed by atoms with Crippen molar-refractivity contribution >= 4 is 51.4 Å². The first-order valence-electron chi connectivity index (χ1n) is 12.1. The van der Waals surface area contributed by atoms with Crippen LogP contribution in [0.1, 0.15) is 0 Å². The molecule has 2 aromatic heterocycles. The number of anilines is 3. The fraction of sp³-hybridized carbons (Fsp3) is 0.172. The van der Waals surface area contributed by atoms with Crippen LogP contribution in [0.3, 0.4) is 0 Å². The Bertz CT molecular complexity index is 1560. The van der Waals surface area contributed by atoms with Gasteiger partial charge in [0.05, 0.1) is 11.1 Å². The molecular weight excluding hydrogens is 448 g/mol. The zero-order valence-corrected chi connectivity index (χ0v) is 20.2. The van der Waals surface area contributed by atoms with Crippen molar-refractivity contribution in [1.82, 2.24) is 14.9 Å². The van der Waals surface area contributed by atoms with Gasteiger partial charge in [-0.15, -0.1) is 0 Å². The van der Waals surface area contributed by atoms with Gasteiger partial charge in [-0.25, -0.2) is 4.98 Å². The van der Waals surface area contributed by atoms with Gasteiger partial charge in [0.1, 0.15) is 18.1 Å². The highest BCUT2D eigenvalue weighted by atomic mass is 16.5. The maximum Gasteiger partial charge on any atom is 0.239 e. The molecule has 0 radical (unpaired) electrons. The molecule has 1 aliphatic rings.